The van der Waals surface area contributed by atoms with Crippen LogP contribution >= 0.6 is 23.3 Å². The summed E-state index contributed by atoms with van der Waals surface area (Å²) in [4.78, 5) is 14.5. The van der Waals surface area contributed by atoms with E-state index in [-0.39, 0.29) is 11.7 Å². The number of carbonyl (C=O) groups is 1. The molecule has 0 saturated carbocycles. The summed E-state index contributed by atoms with van der Waals surface area (Å²) in [6, 6.07) is 0. The molecule has 1 amide bonds. The number of hydrogen-bond donors (Lipinski definition) is 2. The molecule has 0 aliphatic rings. The zero-order valence-corrected chi connectivity index (χ0v) is 7.11. The summed E-state index contributed by atoms with van der Waals surface area (Å²) in [5, 5.41) is 0. The van der Waals surface area contributed by atoms with Gasteiger partial charge in [0.15, 0.2) is 4.34 Å². The summed E-state index contributed by atoms with van der Waals surface area (Å²) < 4.78 is 4.54. The second-order valence-electron chi connectivity index (χ2n) is 1.56. The van der Waals surface area contributed by atoms with E-state index in [1.165, 1.54) is 29.6 Å². The molecule has 5 nitrogen and oxygen atoms in total. The lowest BCUT2D eigenvalue weighted by Gasteiger charge is -1.94. The molecular weight excluding hydrogens is 184 g/mol. The Labute approximate surface area is 71.5 Å². The molecule has 0 aliphatic carbocycles. The molecule has 1 rings (SSSR count). The smallest absolute Gasteiger partial charge is 0.244 e. The highest BCUT2D eigenvalue weighted by molar-refractivity contribution is 8.01. The monoisotopic (exact) mass is 190 g/mol. The van der Waals surface area contributed by atoms with Gasteiger partial charge in [-0.2, -0.15) is 4.37 Å². The third kappa shape index (κ3) is 2.83. The molecule has 1 heterocycles. The largest absolute Gasteiger partial charge is 0.294 e. The average Bonchev–Trinajstić information content (AvgIpc) is 2.52. The van der Waals surface area contributed by atoms with Crippen molar-refractivity contribution in [3.63, 3.8) is 0 Å². The van der Waals surface area contributed by atoms with Crippen LogP contribution in [0, 0.1) is 0 Å². The maximum Gasteiger partial charge on any atom is 0.244 e. The Hall–Kier alpha value is -0.660. The number of thioether (sulfide) groups is 1. The predicted octanol–water partition coefficient (Wildman–Crippen LogP) is -0.380. The van der Waals surface area contributed by atoms with E-state index in [1.54, 1.807) is 0 Å². The van der Waals surface area contributed by atoms with E-state index in [4.69, 9.17) is 5.84 Å². The van der Waals surface area contributed by atoms with Crippen LogP contribution < -0.4 is 11.3 Å². The molecule has 7 heteroatoms. The fraction of sp³-hybridized carbons (Fsp3) is 0.250. The van der Waals surface area contributed by atoms with Crippen molar-refractivity contribution in [2.24, 2.45) is 5.84 Å². The van der Waals surface area contributed by atoms with Crippen molar-refractivity contribution in [3.8, 4) is 0 Å². The first-order valence-corrected chi connectivity index (χ1v) is 4.47. The summed E-state index contributed by atoms with van der Waals surface area (Å²) in [5.41, 5.74) is 2.02. The summed E-state index contributed by atoms with van der Waals surface area (Å²) in [6.45, 7) is 0. The minimum Gasteiger partial charge on any atom is -0.294 e. The first-order valence-electron chi connectivity index (χ1n) is 2.72. The van der Waals surface area contributed by atoms with Gasteiger partial charge in [-0.1, -0.05) is 11.8 Å². The Morgan fingerprint density at radius 1 is 1.91 bits per heavy atom. The van der Waals surface area contributed by atoms with Gasteiger partial charge in [-0.25, -0.2) is 10.8 Å². The molecule has 11 heavy (non-hydrogen) atoms. The van der Waals surface area contributed by atoms with Crippen LogP contribution in [0.25, 0.3) is 0 Å². The summed E-state index contributed by atoms with van der Waals surface area (Å²) in [6.07, 6.45) is 1.45. The molecule has 0 saturated heterocycles. The molecule has 0 unspecified atom stereocenters. The van der Waals surface area contributed by atoms with Crippen LogP contribution in [0.2, 0.25) is 0 Å². The highest BCUT2D eigenvalue weighted by Crippen LogP contribution is 2.16. The molecule has 0 bridgehead atoms. The number of nitrogens with one attached hydrogen (secondary N) is 1. The van der Waals surface area contributed by atoms with Crippen molar-refractivity contribution in [1.82, 2.24) is 14.8 Å². The zero-order valence-electron chi connectivity index (χ0n) is 5.48. The van der Waals surface area contributed by atoms with Crippen LogP contribution in [0.5, 0.6) is 0 Å². The van der Waals surface area contributed by atoms with E-state index in [0.29, 0.717) is 0 Å². The SMILES string of the molecule is NNC(=O)CSc1ncns1. The average molecular weight is 190 g/mol. The number of nitrogens with two attached hydrogens (primary N) is 1. The van der Waals surface area contributed by atoms with Gasteiger partial charge in [0.25, 0.3) is 0 Å². The van der Waals surface area contributed by atoms with E-state index in [0.717, 1.165) is 4.34 Å². The van der Waals surface area contributed by atoms with Gasteiger partial charge in [-0.15, -0.1) is 0 Å². The minimum absolute atomic E-state index is 0.217. The minimum atomic E-state index is -0.217. The number of rotatable bonds is 3. The predicted molar refractivity (Wildman–Crippen MR) is 43.0 cm³/mol. The van der Waals surface area contributed by atoms with E-state index in [1.807, 2.05) is 5.43 Å². The Bertz CT molecular complexity index is 224. The van der Waals surface area contributed by atoms with Gasteiger partial charge in [-0.3, -0.25) is 10.2 Å². The van der Waals surface area contributed by atoms with Crippen molar-refractivity contribution in [1.29, 1.82) is 0 Å². The molecule has 0 spiro atoms. The van der Waals surface area contributed by atoms with E-state index < -0.39 is 0 Å². The lowest BCUT2D eigenvalue weighted by molar-refractivity contribution is -0.118. The number of amides is 1. The normalized spacial score (nSPS) is 9.55. The lowest BCUT2D eigenvalue weighted by Crippen LogP contribution is -2.31. The molecule has 60 valence electrons. The molecule has 0 atom stereocenters. The number of aromatic nitrogens is 2. The maximum absolute atomic E-state index is 10.6. The summed E-state index contributed by atoms with van der Waals surface area (Å²) in [5.74, 6) is 4.93. The highest BCUT2D eigenvalue weighted by Gasteiger charge is 2.01. The van der Waals surface area contributed by atoms with Crippen molar-refractivity contribution in [2.75, 3.05) is 5.75 Å². The third-order valence-corrected chi connectivity index (χ3v) is 2.63. The standard InChI is InChI=1S/C4H6N4OS2/c5-8-3(9)1-10-4-6-2-7-11-4/h2H,1,5H2,(H,8,9). The fourth-order valence-electron chi connectivity index (χ4n) is 0.396. The van der Waals surface area contributed by atoms with E-state index >= 15 is 0 Å². The van der Waals surface area contributed by atoms with Gasteiger partial charge in [0.2, 0.25) is 5.91 Å². The van der Waals surface area contributed by atoms with E-state index in [2.05, 4.69) is 9.36 Å². The van der Waals surface area contributed by atoms with Crippen molar-refractivity contribution in [2.45, 2.75) is 4.34 Å². The number of hydrazine groups is 1. The Morgan fingerprint density at radius 2 is 2.73 bits per heavy atom. The summed E-state index contributed by atoms with van der Waals surface area (Å²) >= 11 is 2.57. The van der Waals surface area contributed by atoms with Crippen LogP contribution in [-0.4, -0.2) is 21.0 Å². The first kappa shape index (κ1) is 8.44. The number of nitrogens with zero attached hydrogens (tertiary/aromatic N) is 2. The lowest BCUT2D eigenvalue weighted by atomic mass is 10.8. The van der Waals surface area contributed by atoms with Gasteiger partial charge in [0.1, 0.15) is 6.33 Å². The number of hydrogen-bond acceptors (Lipinski definition) is 6. The van der Waals surface area contributed by atoms with Crippen molar-refractivity contribution < 1.29 is 4.79 Å². The van der Waals surface area contributed by atoms with Crippen LogP contribution in [0.3, 0.4) is 0 Å². The molecule has 0 aromatic carbocycles. The molecule has 0 radical (unpaired) electrons. The first-order chi connectivity index (χ1) is 5.33. The van der Waals surface area contributed by atoms with Crippen molar-refractivity contribution >= 4 is 29.2 Å². The molecule has 1 aromatic heterocycles. The van der Waals surface area contributed by atoms with Crippen molar-refractivity contribution in [3.05, 3.63) is 6.33 Å². The maximum atomic E-state index is 10.6. The molecular formula is C4H6N4OS2. The van der Waals surface area contributed by atoms with Crippen LogP contribution in [0.15, 0.2) is 10.7 Å². The second kappa shape index (κ2) is 4.27. The Balaban J connectivity index is 2.29. The third-order valence-electron chi connectivity index (χ3n) is 0.829. The molecule has 3 N–H and O–H groups in total. The molecule has 1 aromatic rings. The van der Waals surface area contributed by atoms with Crippen LogP contribution in [0.4, 0.5) is 0 Å². The number of carbonyl (C=O) groups excluding carboxylic acids is 1. The highest BCUT2D eigenvalue weighted by atomic mass is 32.2. The van der Waals surface area contributed by atoms with Crippen LogP contribution in [0.1, 0.15) is 0 Å². The van der Waals surface area contributed by atoms with Crippen LogP contribution in [-0.2, 0) is 4.79 Å². The fourth-order valence-corrected chi connectivity index (χ4v) is 1.65. The van der Waals surface area contributed by atoms with Gasteiger partial charge < -0.3 is 0 Å². The van der Waals surface area contributed by atoms with E-state index in [9.17, 15) is 4.79 Å². The Morgan fingerprint density at radius 3 is 3.27 bits per heavy atom. The van der Waals surface area contributed by atoms with Gasteiger partial charge >= 0.3 is 0 Å². The molecule has 0 fully saturated rings. The van der Waals surface area contributed by atoms with Gasteiger partial charge in [0, 0.05) is 0 Å². The Kier molecular flexibility index (Phi) is 3.27. The zero-order chi connectivity index (χ0) is 8.10. The quantitative estimate of drug-likeness (QED) is 0.294. The van der Waals surface area contributed by atoms with Gasteiger partial charge in [0.05, 0.1) is 5.75 Å². The topological polar surface area (TPSA) is 80.9 Å². The summed E-state index contributed by atoms with van der Waals surface area (Å²) in [7, 11) is 0. The van der Waals surface area contributed by atoms with Gasteiger partial charge in [-0.05, 0) is 11.5 Å². The molecule has 0 aliphatic heterocycles. The second-order valence-corrected chi connectivity index (χ2v) is 3.57.